The van der Waals surface area contributed by atoms with E-state index in [1.807, 2.05) is 6.92 Å². The number of hydrogen-bond donors (Lipinski definition) is 1. The Bertz CT molecular complexity index is 704. The zero-order chi connectivity index (χ0) is 15.7. The van der Waals surface area contributed by atoms with Gasteiger partial charge in [-0.1, -0.05) is 24.1 Å². The third-order valence-electron chi connectivity index (χ3n) is 4.20. The van der Waals surface area contributed by atoms with Crippen molar-refractivity contribution in [3.8, 4) is 5.69 Å². The van der Waals surface area contributed by atoms with Crippen LogP contribution in [-0.4, -0.2) is 26.9 Å². The van der Waals surface area contributed by atoms with Gasteiger partial charge in [-0.05, 0) is 44.4 Å². The summed E-state index contributed by atoms with van der Waals surface area (Å²) in [6, 6.07) is 4.71. The van der Waals surface area contributed by atoms with Crippen LogP contribution in [0.2, 0.25) is 0 Å². The molecule has 1 N–H and O–H groups in total. The minimum atomic E-state index is -0.340. The first-order valence-electron chi connectivity index (χ1n) is 7.56. The minimum Gasteiger partial charge on any atom is -0.348 e. The molecule has 22 heavy (non-hydrogen) atoms. The number of amides is 1. The number of nitrogens with zero attached hydrogens (tertiary/aromatic N) is 3. The molecule has 1 aliphatic rings. The number of carbonyl (C=O) groups is 1. The van der Waals surface area contributed by atoms with E-state index in [2.05, 4.69) is 15.6 Å². The topological polar surface area (TPSA) is 59.8 Å². The summed E-state index contributed by atoms with van der Waals surface area (Å²) in [6.45, 7) is 3.64. The van der Waals surface area contributed by atoms with Gasteiger partial charge in [0.2, 0.25) is 0 Å². The average Bonchev–Trinajstić information content (AvgIpc) is 3.11. The van der Waals surface area contributed by atoms with Crippen molar-refractivity contribution in [1.29, 1.82) is 0 Å². The highest BCUT2D eigenvalue weighted by molar-refractivity contribution is 5.93. The van der Waals surface area contributed by atoms with Crippen LogP contribution in [0.3, 0.4) is 0 Å². The minimum absolute atomic E-state index is 0.204. The maximum absolute atomic E-state index is 13.5. The highest BCUT2D eigenvalue weighted by Crippen LogP contribution is 2.20. The van der Waals surface area contributed by atoms with E-state index in [1.54, 1.807) is 13.0 Å². The van der Waals surface area contributed by atoms with E-state index >= 15 is 0 Å². The second-order valence-electron chi connectivity index (χ2n) is 5.82. The van der Waals surface area contributed by atoms with Crippen molar-refractivity contribution in [2.75, 3.05) is 0 Å². The Morgan fingerprint density at radius 1 is 1.32 bits per heavy atom. The lowest BCUT2D eigenvalue weighted by molar-refractivity contribution is 0.0932. The van der Waals surface area contributed by atoms with Crippen molar-refractivity contribution in [1.82, 2.24) is 20.3 Å². The molecule has 1 aliphatic carbocycles. The van der Waals surface area contributed by atoms with Crippen molar-refractivity contribution >= 4 is 5.91 Å². The first-order chi connectivity index (χ1) is 10.6. The summed E-state index contributed by atoms with van der Waals surface area (Å²) >= 11 is 0. The van der Waals surface area contributed by atoms with E-state index in [0.29, 0.717) is 17.1 Å². The molecule has 0 saturated heterocycles. The zero-order valence-corrected chi connectivity index (χ0v) is 12.8. The van der Waals surface area contributed by atoms with Crippen molar-refractivity contribution in [3.63, 3.8) is 0 Å². The first kappa shape index (κ1) is 14.7. The molecule has 1 heterocycles. The fourth-order valence-electron chi connectivity index (χ4n) is 2.90. The van der Waals surface area contributed by atoms with E-state index in [0.717, 1.165) is 31.2 Å². The number of rotatable bonds is 3. The number of benzene rings is 1. The van der Waals surface area contributed by atoms with Gasteiger partial charge in [-0.15, -0.1) is 5.10 Å². The third-order valence-corrected chi connectivity index (χ3v) is 4.20. The third kappa shape index (κ3) is 2.73. The predicted octanol–water partition coefficient (Wildman–Crippen LogP) is 2.70. The second-order valence-corrected chi connectivity index (χ2v) is 5.82. The van der Waals surface area contributed by atoms with Gasteiger partial charge in [-0.25, -0.2) is 9.07 Å². The van der Waals surface area contributed by atoms with E-state index in [-0.39, 0.29) is 17.8 Å². The van der Waals surface area contributed by atoms with E-state index in [9.17, 15) is 9.18 Å². The summed E-state index contributed by atoms with van der Waals surface area (Å²) in [7, 11) is 0. The molecule has 6 heteroatoms. The summed E-state index contributed by atoms with van der Waals surface area (Å²) in [4.78, 5) is 12.3. The van der Waals surface area contributed by atoms with Gasteiger partial charge < -0.3 is 5.32 Å². The van der Waals surface area contributed by atoms with Crippen LogP contribution < -0.4 is 5.32 Å². The Morgan fingerprint density at radius 2 is 2.05 bits per heavy atom. The lowest BCUT2D eigenvalue weighted by Gasteiger charge is -2.11. The Balaban J connectivity index is 1.88. The molecule has 0 unspecified atom stereocenters. The van der Waals surface area contributed by atoms with Crippen LogP contribution in [0.15, 0.2) is 18.2 Å². The molecule has 0 radical (unpaired) electrons. The van der Waals surface area contributed by atoms with Gasteiger partial charge in [0, 0.05) is 6.04 Å². The number of nitrogens with one attached hydrogen (secondary N) is 1. The molecule has 1 amide bonds. The molecular formula is C16H19FN4O. The van der Waals surface area contributed by atoms with E-state index in [4.69, 9.17) is 0 Å². The molecule has 0 bridgehead atoms. The lowest BCUT2D eigenvalue weighted by Crippen LogP contribution is -2.33. The van der Waals surface area contributed by atoms with Crippen molar-refractivity contribution < 1.29 is 9.18 Å². The summed E-state index contributed by atoms with van der Waals surface area (Å²) in [5.41, 5.74) is 2.39. The fourth-order valence-corrected chi connectivity index (χ4v) is 2.90. The first-order valence-corrected chi connectivity index (χ1v) is 7.56. The van der Waals surface area contributed by atoms with Crippen LogP contribution in [0.25, 0.3) is 5.69 Å². The Kier molecular flexibility index (Phi) is 3.92. The Labute approximate surface area is 128 Å². The van der Waals surface area contributed by atoms with Gasteiger partial charge in [0.1, 0.15) is 5.82 Å². The molecule has 1 aromatic heterocycles. The fraction of sp³-hybridized carbons (Fsp3) is 0.438. The van der Waals surface area contributed by atoms with Crippen LogP contribution >= 0.6 is 0 Å². The zero-order valence-electron chi connectivity index (χ0n) is 12.8. The van der Waals surface area contributed by atoms with Gasteiger partial charge >= 0.3 is 0 Å². The number of aromatic nitrogens is 3. The van der Waals surface area contributed by atoms with Gasteiger partial charge in [-0.2, -0.15) is 0 Å². The van der Waals surface area contributed by atoms with Crippen LogP contribution in [-0.2, 0) is 0 Å². The molecular weight excluding hydrogens is 283 g/mol. The standard InChI is InChI=1S/C16H19FN4O/c1-10-7-8-12(17)9-14(10)21-11(2)15(19-20-21)16(22)18-13-5-3-4-6-13/h7-9,13H,3-6H2,1-2H3,(H,18,22). The van der Waals surface area contributed by atoms with Crippen LogP contribution in [0.5, 0.6) is 0 Å². The SMILES string of the molecule is Cc1ccc(F)cc1-n1nnc(C(=O)NC2CCCC2)c1C. The van der Waals surface area contributed by atoms with Gasteiger partial charge in [0.15, 0.2) is 5.69 Å². The van der Waals surface area contributed by atoms with Crippen molar-refractivity contribution in [2.24, 2.45) is 0 Å². The summed E-state index contributed by atoms with van der Waals surface area (Å²) in [5.74, 6) is -0.544. The lowest BCUT2D eigenvalue weighted by atomic mass is 10.2. The molecule has 5 nitrogen and oxygen atoms in total. The Morgan fingerprint density at radius 3 is 2.77 bits per heavy atom. The van der Waals surface area contributed by atoms with Crippen LogP contribution in [0, 0.1) is 19.7 Å². The van der Waals surface area contributed by atoms with E-state index < -0.39 is 0 Å². The van der Waals surface area contributed by atoms with Gasteiger partial charge in [-0.3, -0.25) is 4.79 Å². The molecule has 0 aliphatic heterocycles. The molecule has 0 spiro atoms. The number of aryl methyl sites for hydroxylation is 1. The van der Waals surface area contributed by atoms with Crippen molar-refractivity contribution in [3.05, 3.63) is 41.0 Å². The summed E-state index contributed by atoms with van der Waals surface area (Å²) < 4.78 is 15.0. The summed E-state index contributed by atoms with van der Waals surface area (Å²) in [5, 5.41) is 11.0. The molecule has 1 aromatic carbocycles. The largest absolute Gasteiger partial charge is 0.348 e. The Hall–Kier alpha value is -2.24. The second kappa shape index (κ2) is 5.87. The number of hydrogen-bond acceptors (Lipinski definition) is 3. The smallest absolute Gasteiger partial charge is 0.273 e. The van der Waals surface area contributed by atoms with Gasteiger partial charge in [0.25, 0.3) is 5.91 Å². The monoisotopic (exact) mass is 302 g/mol. The molecule has 1 saturated carbocycles. The van der Waals surface area contributed by atoms with E-state index in [1.165, 1.54) is 16.8 Å². The quantitative estimate of drug-likeness (QED) is 0.948. The summed E-state index contributed by atoms with van der Waals surface area (Å²) in [6.07, 6.45) is 4.34. The maximum Gasteiger partial charge on any atom is 0.273 e. The molecule has 0 atom stereocenters. The highest BCUT2D eigenvalue weighted by atomic mass is 19.1. The number of carbonyl (C=O) groups excluding carboxylic acids is 1. The maximum atomic E-state index is 13.5. The molecule has 1 fully saturated rings. The average molecular weight is 302 g/mol. The van der Waals surface area contributed by atoms with Crippen molar-refractivity contribution in [2.45, 2.75) is 45.6 Å². The molecule has 3 rings (SSSR count). The normalized spacial score (nSPS) is 15.2. The molecule has 2 aromatic rings. The number of halogens is 1. The molecule has 116 valence electrons. The highest BCUT2D eigenvalue weighted by Gasteiger charge is 2.22. The van der Waals surface area contributed by atoms with Crippen LogP contribution in [0.1, 0.15) is 47.4 Å². The van der Waals surface area contributed by atoms with Crippen LogP contribution in [0.4, 0.5) is 4.39 Å². The predicted molar refractivity (Wildman–Crippen MR) is 80.5 cm³/mol. The van der Waals surface area contributed by atoms with Gasteiger partial charge in [0.05, 0.1) is 11.4 Å².